The molecule has 1 heterocycles. The lowest BCUT2D eigenvalue weighted by Crippen LogP contribution is -2.01. The molecule has 2 heteroatoms. The third-order valence-electron chi connectivity index (χ3n) is 2.41. The summed E-state index contributed by atoms with van der Waals surface area (Å²) in [6, 6.07) is 3.86. The summed E-state index contributed by atoms with van der Waals surface area (Å²) < 4.78 is 0. The number of pyridine rings is 1. The number of hydrogen-bond acceptors (Lipinski definition) is 1. The maximum absolute atomic E-state index is 6.85. The zero-order valence-electron chi connectivity index (χ0n) is 8.28. The first kappa shape index (κ1) is 9.73. The van der Waals surface area contributed by atoms with Crippen LogP contribution in [0, 0.1) is 12.5 Å². The van der Waals surface area contributed by atoms with Gasteiger partial charge in [-0.05, 0) is 29.5 Å². The van der Waals surface area contributed by atoms with Gasteiger partial charge in [0.15, 0.2) is 0 Å². The van der Waals surface area contributed by atoms with Gasteiger partial charge >= 0.3 is 0 Å². The minimum absolute atomic E-state index is 0.489. The van der Waals surface area contributed by atoms with Crippen LogP contribution in [0.3, 0.4) is 0 Å². The molecule has 13 heavy (non-hydrogen) atoms. The third-order valence-corrected chi connectivity index (χ3v) is 2.41. The molecule has 0 saturated carbocycles. The van der Waals surface area contributed by atoms with Crippen LogP contribution < -0.4 is 0 Å². The summed E-state index contributed by atoms with van der Waals surface area (Å²) in [6.45, 7) is 13.4. The number of aromatic nitrogens is 1. The van der Waals surface area contributed by atoms with E-state index in [1.54, 1.807) is 6.20 Å². The Balaban J connectivity index is 2.96. The zero-order valence-corrected chi connectivity index (χ0v) is 8.28. The average Bonchev–Trinajstić information content (AvgIpc) is 2.16. The van der Waals surface area contributed by atoms with E-state index in [1.807, 2.05) is 12.1 Å². The molecule has 1 aromatic rings. The second kappa shape index (κ2) is 4.04. The second-order valence-corrected chi connectivity index (χ2v) is 3.59. The first-order valence-corrected chi connectivity index (χ1v) is 4.48. The van der Waals surface area contributed by atoms with Crippen LogP contribution in [0.5, 0.6) is 0 Å². The predicted molar refractivity (Wildman–Crippen MR) is 53.8 cm³/mol. The summed E-state index contributed by atoms with van der Waals surface area (Å²) in [6.07, 6.45) is 1.71. The minimum atomic E-state index is 0.489. The van der Waals surface area contributed by atoms with Gasteiger partial charge in [0.2, 0.25) is 0 Å². The van der Waals surface area contributed by atoms with Crippen molar-refractivity contribution in [3.05, 3.63) is 35.3 Å². The van der Waals surface area contributed by atoms with Crippen molar-refractivity contribution in [2.24, 2.45) is 5.92 Å². The highest BCUT2D eigenvalue weighted by atomic mass is 14.8. The van der Waals surface area contributed by atoms with Crippen LogP contribution >= 0.6 is 0 Å². The molecular weight excluding hydrogens is 160 g/mol. The van der Waals surface area contributed by atoms with E-state index in [2.05, 4.69) is 30.6 Å². The van der Waals surface area contributed by atoms with Crippen molar-refractivity contribution in [3.63, 3.8) is 0 Å². The fourth-order valence-corrected chi connectivity index (χ4v) is 1.16. The highest BCUT2D eigenvalue weighted by Gasteiger charge is 2.10. The van der Waals surface area contributed by atoms with Gasteiger partial charge in [-0.1, -0.05) is 27.3 Å². The topological polar surface area (TPSA) is 17.2 Å². The van der Waals surface area contributed by atoms with Crippen LogP contribution in [-0.4, -0.2) is 4.98 Å². The first-order valence-electron chi connectivity index (χ1n) is 4.48. The summed E-state index contributed by atoms with van der Waals surface area (Å²) in [5, 5.41) is 0. The van der Waals surface area contributed by atoms with Gasteiger partial charge in [0, 0.05) is 0 Å². The third kappa shape index (κ3) is 2.29. The van der Waals surface area contributed by atoms with Crippen molar-refractivity contribution in [1.82, 2.24) is 4.98 Å². The predicted octanol–water partition coefficient (Wildman–Crippen LogP) is 3.39. The maximum Gasteiger partial charge on any atom is 0.269 e. The molecule has 0 spiro atoms. The van der Waals surface area contributed by atoms with Gasteiger partial charge in [0.25, 0.3) is 5.82 Å². The fourth-order valence-electron chi connectivity index (χ4n) is 1.16. The molecule has 1 atom stereocenters. The van der Waals surface area contributed by atoms with Crippen LogP contribution in [0.4, 0.5) is 5.82 Å². The van der Waals surface area contributed by atoms with E-state index in [4.69, 9.17) is 6.57 Å². The van der Waals surface area contributed by atoms with Crippen molar-refractivity contribution in [1.29, 1.82) is 0 Å². The molecule has 1 unspecified atom stereocenters. The lowest BCUT2D eigenvalue weighted by atomic mass is 9.91. The molecule has 1 rings (SSSR count). The average molecular weight is 174 g/mol. The van der Waals surface area contributed by atoms with Crippen molar-refractivity contribution >= 4 is 5.82 Å². The summed E-state index contributed by atoms with van der Waals surface area (Å²) in [5.74, 6) is 1.58. The smallest absolute Gasteiger partial charge is 0.269 e. The highest BCUT2D eigenvalue weighted by Crippen LogP contribution is 2.25. The van der Waals surface area contributed by atoms with Crippen molar-refractivity contribution in [3.8, 4) is 0 Å². The highest BCUT2D eigenvalue weighted by molar-refractivity contribution is 5.39. The standard InChI is InChI=1S/C11H14N2/c1-8(2)9(3)10-5-6-13-11(7-10)12-4/h5-9H,1-3H3. The van der Waals surface area contributed by atoms with Crippen LogP contribution in [-0.2, 0) is 0 Å². The Morgan fingerprint density at radius 3 is 2.62 bits per heavy atom. The van der Waals surface area contributed by atoms with E-state index in [0.717, 1.165) is 0 Å². The molecular formula is C11H14N2. The molecule has 0 aliphatic heterocycles. The van der Waals surface area contributed by atoms with Gasteiger partial charge in [-0.2, -0.15) is 0 Å². The Labute approximate surface area is 79.4 Å². The summed E-state index contributed by atoms with van der Waals surface area (Å²) in [4.78, 5) is 7.26. The van der Waals surface area contributed by atoms with E-state index in [9.17, 15) is 0 Å². The van der Waals surface area contributed by atoms with Gasteiger partial charge in [-0.3, -0.25) is 0 Å². The summed E-state index contributed by atoms with van der Waals surface area (Å²) in [7, 11) is 0. The minimum Gasteiger partial charge on any atom is -0.361 e. The van der Waals surface area contributed by atoms with Crippen LogP contribution in [0.25, 0.3) is 4.85 Å². The lowest BCUT2D eigenvalue weighted by molar-refractivity contribution is 0.535. The van der Waals surface area contributed by atoms with Gasteiger partial charge in [-0.25, -0.2) is 0 Å². The lowest BCUT2D eigenvalue weighted by Gasteiger charge is -2.15. The number of rotatable bonds is 2. The molecule has 0 bridgehead atoms. The Kier molecular flexibility index (Phi) is 3.02. The van der Waals surface area contributed by atoms with Gasteiger partial charge in [-0.15, -0.1) is 4.98 Å². The Hall–Kier alpha value is -1.36. The monoisotopic (exact) mass is 174 g/mol. The SMILES string of the molecule is [C-]#[N+]c1cc(C(C)C(C)C)ccn1. The number of nitrogens with zero attached hydrogens (tertiary/aromatic N) is 2. The first-order chi connectivity index (χ1) is 6.15. The number of hydrogen-bond donors (Lipinski definition) is 0. The Morgan fingerprint density at radius 1 is 1.38 bits per heavy atom. The summed E-state index contributed by atoms with van der Waals surface area (Å²) >= 11 is 0. The zero-order chi connectivity index (χ0) is 9.84. The maximum atomic E-state index is 6.85. The molecule has 0 aliphatic carbocycles. The summed E-state index contributed by atoms with van der Waals surface area (Å²) in [5.41, 5.74) is 1.20. The molecule has 0 radical (unpaired) electrons. The molecule has 0 aliphatic rings. The van der Waals surface area contributed by atoms with Crippen LogP contribution in [0.15, 0.2) is 18.3 Å². The van der Waals surface area contributed by atoms with Crippen LogP contribution in [0.1, 0.15) is 32.3 Å². The molecule has 0 N–H and O–H groups in total. The molecule has 0 aromatic carbocycles. The second-order valence-electron chi connectivity index (χ2n) is 3.59. The van der Waals surface area contributed by atoms with Crippen molar-refractivity contribution < 1.29 is 0 Å². The van der Waals surface area contributed by atoms with E-state index in [1.165, 1.54) is 5.56 Å². The normalized spacial score (nSPS) is 12.5. The Morgan fingerprint density at radius 2 is 2.08 bits per heavy atom. The van der Waals surface area contributed by atoms with Crippen molar-refractivity contribution in [2.45, 2.75) is 26.7 Å². The van der Waals surface area contributed by atoms with Gasteiger partial charge < -0.3 is 4.85 Å². The van der Waals surface area contributed by atoms with Crippen molar-refractivity contribution in [2.75, 3.05) is 0 Å². The molecule has 1 aromatic heterocycles. The van der Waals surface area contributed by atoms with E-state index >= 15 is 0 Å². The fraction of sp³-hybridized carbons (Fsp3) is 0.455. The molecule has 2 nitrogen and oxygen atoms in total. The molecule has 0 fully saturated rings. The molecule has 0 saturated heterocycles. The largest absolute Gasteiger partial charge is 0.361 e. The van der Waals surface area contributed by atoms with E-state index < -0.39 is 0 Å². The quantitative estimate of drug-likeness (QED) is 0.628. The van der Waals surface area contributed by atoms with Gasteiger partial charge in [0.05, 0.1) is 0 Å². The molecule has 68 valence electrons. The molecule has 0 amide bonds. The Bertz CT molecular complexity index is 323. The van der Waals surface area contributed by atoms with Gasteiger partial charge in [0.1, 0.15) is 6.20 Å². The van der Waals surface area contributed by atoms with Crippen LogP contribution in [0.2, 0.25) is 0 Å². The van der Waals surface area contributed by atoms with E-state index in [-0.39, 0.29) is 0 Å². The van der Waals surface area contributed by atoms with E-state index in [0.29, 0.717) is 17.7 Å².